The van der Waals surface area contributed by atoms with Crippen LogP contribution in [-0.2, 0) is 9.53 Å². The number of hydrogen-bond donors (Lipinski definition) is 2. The van der Waals surface area contributed by atoms with E-state index in [0.29, 0.717) is 29.6 Å². The number of hydrogen-bond acceptors (Lipinski definition) is 4. The van der Waals surface area contributed by atoms with Gasteiger partial charge in [-0.3, -0.25) is 4.79 Å². The lowest BCUT2D eigenvalue weighted by atomic mass is 9.66. The zero-order valence-electron chi connectivity index (χ0n) is 18.8. The van der Waals surface area contributed by atoms with Gasteiger partial charge in [-0.2, -0.15) is 0 Å². The van der Waals surface area contributed by atoms with Gasteiger partial charge in [-0.05, 0) is 67.6 Å². The van der Waals surface area contributed by atoms with Crippen molar-refractivity contribution in [1.29, 1.82) is 0 Å². The monoisotopic (exact) mass is 418 g/mol. The molecule has 0 radical (unpaired) electrons. The SMILES string of the molecule is CC1CCC2CCCC([C@@H](C)C(O)Oc3ccc(C(C(=O)O)C(C)C)cc3)C2CO1. The number of carboxylic acids is 1. The molecule has 2 fully saturated rings. The number of aliphatic carboxylic acids is 1. The summed E-state index contributed by atoms with van der Waals surface area (Å²) in [5.74, 6) is 0.789. The fourth-order valence-corrected chi connectivity index (χ4v) is 5.50. The maximum absolute atomic E-state index is 11.5. The lowest BCUT2D eigenvalue weighted by Crippen LogP contribution is -2.40. The molecule has 1 heterocycles. The molecular formula is C25H38O5. The van der Waals surface area contributed by atoms with E-state index in [1.54, 1.807) is 24.3 Å². The van der Waals surface area contributed by atoms with Gasteiger partial charge in [0.2, 0.25) is 0 Å². The molecule has 1 saturated heterocycles. The van der Waals surface area contributed by atoms with Crippen molar-refractivity contribution in [2.75, 3.05) is 6.61 Å². The Balaban J connectivity index is 1.65. The van der Waals surface area contributed by atoms with Gasteiger partial charge in [-0.25, -0.2) is 0 Å². The molecule has 5 nitrogen and oxygen atoms in total. The van der Waals surface area contributed by atoms with Crippen LogP contribution in [0.5, 0.6) is 5.75 Å². The predicted octanol–water partition coefficient (Wildman–Crippen LogP) is 5.08. The van der Waals surface area contributed by atoms with E-state index < -0.39 is 18.2 Å². The van der Waals surface area contributed by atoms with E-state index in [2.05, 4.69) is 13.8 Å². The number of carboxylic acid groups (broad SMARTS) is 1. The number of ether oxygens (including phenoxy) is 2. The summed E-state index contributed by atoms with van der Waals surface area (Å²) in [5, 5.41) is 20.3. The summed E-state index contributed by atoms with van der Waals surface area (Å²) < 4.78 is 11.9. The highest BCUT2D eigenvalue weighted by atomic mass is 16.6. The van der Waals surface area contributed by atoms with E-state index in [0.717, 1.165) is 25.0 Å². The molecule has 0 amide bonds. The molecular weight excluding hydrogens is 380 g/mol. The molecule has 2 N–H and O–H groups in total. The first-order valence-electron chi connectivity index (χ1n) is 11.6. The molecule has 6 unspecified atom stereocenters. The molecule has 0 spiro atoms. The van der Waals surface area contributed by atoms with E-state index in [1.807, 2.05) is 13.8 Å². The summed E-state index contributed by atoms with van der Waals surface area (Å²) in [6.07, 6.45) is 5.36. The molecule has 1 aromatic rings. The fourth-order valence-electron chi connectivity index (χ4n) is 5.50. The molecule has 0 bridgehead atoms. The van der Waals surface area contributed by atoms with Crippen LogP contribution in [0.2, 0.25) is 0 Å². The van der Waals surface area contributed by atoms with Crippen molar-refractivity contribution in [3.63, 3.8) is 0 Å². The average Bonchev–Trinajstić information content (AvgIpc) is 2.90. The van der Waals surface area contributed by atoms with Gasteiger partial charge in [0.25, 0.3) is 0 Å². The third-order valence-electron chi connectivity index (χ3n) is 7.34. The van der Waals surface area contributed by atoms with Crippen molar-refractivity contribution in [3.05, 3.63) is 29.8 Å². The Labute approximate surface area is 180 Å². The van der Waals surface area contributed by atoms with E-state index in [9.17, 15) is 15.0 Å². The third-order valence-corrected chi connectivity index (χ3v) is 7.34. The van der Waals surface area contributed by atoms with Crippen molar-refractivity contribution in [2.45, 2.75) is 78.1 Å². The van der Waals surface area contributed by atoms with Gasteiger partial charge in [-0.1, -0.05) is 45.7 Å². The smallest absolute Gasteiger partial charge is 0.311 e. The number of aliphatic hydroxyl groups excluding tert-OH is 1. The van der Waals surface area contributed by atoms with Crippen LogP contribution in [0.15, 0.2) is 24.3 Å². The molecule has 0 aromatic heterocycles. The van der Waals surface area contributed by atoms with E-state index in [-0.39, 0.29) is 11.8 Å². The van der Waals surface area contributed by atoms with Crippen molar-refractivity contribution >= 4 is 5.97 Å². The van der Waals surface area contributed by atoms with Crippen LogP contribution >= 0.6 is 0 Å². The fraction of sp³-hybridized carbons (Fsp3) is 0.720. The molecule has 1 aromatic carbocycles. The topological polar surface area (TPSA) is 76.0 Å². The Morgan fingerprint density at radius 3 is 2.43 bits per heavy atom. The van der Waals surface area contributed by atoms with Gasteiger partial charge in [0.15, 0.2) is 6.29 Å². The third kappa shape index (κ3) is 5.36. The number of aliphatic hydroxyl groups is 1. The largest absolute Gasteiger partial charge is 0.481 e. The highest BCUT2D eigenvalue weighted by Crippen LogP contribution is 2.44. The summed E-state index contributed by atoms with van der Waals surface area (Å²) in [4.78, 5) is 11.5. The maximum Gasteiger partial charge on any atom is 0.311 e. The number of benzene rings is 1. The van der Waals surface area contributed by atoms with Crippen molar-refractivity contribution in [3.8, 4) is 5.75 Å². The molecule has 30 heavy (non-hydrogen) atoms. The van der Waals surface area contributed by atoms with Gasteiger partial charge in [-0.15, -0.1) is 0 Å². The summed E-state index contributed by atoms with van der Waals surface area (Å²) in [7, 11) is 0. The minimum atomic E-state index is -0.888. The molecule has 1 aliphatic carbocycles. The second kappa shape index (κ2) is 10.1. The average molecular weight is 419 g/mol. The zero-order valence-corrected chi connectivity index (χ0v) is 18.8. The molecule has 3 rings (SSSR count). The standard InChI is InChI=1S/C25H38O5/c1-15(2)23(24(26)27)19-10-12-20(13-11-19)30-25(28)17(4)21-7-5-6-18-9-8-16(3)29-14-22(18)21/h10-13,15-18,21-23,25,28H,5-9,14H2,1-4H3,(H,26,27)/t16?,17-,18?,21?,22?,23?,25?/m1/s1. The summed E-state index contributed by atoms with van der Waals surface area (Å²) in [6, 6.07) is 7.12. The van der Waals surface area contributed by atoms with Gasteiger partial charge >= 0.3 is 5.97 Å². The second-order valence-electron chi connectivity index (χ2n) is 9.74. The zero-order chi connectivity index (χ0) is 21.8. The number of carbonyl (C=O) groups is 1. The van der Waals surface area contributed by atoms with E-state index >= 15 is 0 Å². The lowest BCUT2D eigenvalue weighted by molar-refractivity contribution is -0.139. The summed E-state index contributed by atoms with van der Waals surface area (Å²) in [5.41, 5.74) is 0.757. The van der Waals surface area contributed by atoms with Crippen molar-refractivity contribution in [1.82, 2.24) is 0 Å². The van der Waals surface area contributed by atoms with Crippen LogP contribution in [0.25, 0.3) is 0 Å². The normalized spacial score (nSPS) is 30.1. The van der Waals surface area contributed by atoms with Crippen LogP contribution in [-0.4, -0.2) is 35.2 Å². The Morgan fingerprint density at radius 2 is 1.80 bits per heavy atom. The molecule has 168 valence electrons. The first kappa shape index (κ1) is 23.1. The second-order valence-corrected chi connectivity index (χ2v) is 9.74. The number of fused-ring (bicyclic) bond motifs is 1. The molecule has 1 saturated carbocycles. The first-order chi connectivity index (χ1) is 14.3. The summed E-state index contributed by atoms with van der Waals surface area (Å²) >= 11 is 0. The molecule has 7 atom stereocenters. The van der Waals surface area contributed by atoms with E-state index in [4.69, 9.17) is 9.47 Å². The van der Waals surface area contributed by atoms with E-state index in [1.165, 1.54) is 19.3 Å². The Bertz CT molecular complexity index is 685. The Morgan fingerprint density at radius 1 is 1.10 bits per heavy atom. The molecule has 5 heteroatoms. The Kier molecular flexibility index (Phi) is 7.81. The predicted molar refractivity (Wildman–Crippen MR) is 116 cm³/mol. The summed E-state index contributed by atoms with van der Waals surface area (Å²) in [6.45, 7) is 8.84. The van der Waals surface area contributed by atoms with Crippen LogP contribution < -0.4 is 4.74 Å². The first-order valence-corrected chi connectivity index (χ1v) is 11.6. The quantitative estimate of drug-likeness (QED) is 0.604. The van der Waals surface area contributed by atoms with Gasteiger partial charge in [0.1, 0.15) is 5.75 Å². The van der Waals surface area contributed by atoms with Crippen LogP contribution in [0.4, 0.5) is 0 Å². The highest BCUT2D eigenvalue weighted by molar-refractivity contribution is 5.76. The minimum absolute atomic E-state index is 0.00337. The van der Waals surface area contributed by atoms with Gasteiger partial charge < -0.3 is 19.7 Å². The number of rotatable bonds is 7. The Hall–Kier alpha value is -1.59. The maximum atomic E-state index is 11.5. The molecule has 2 aliphatic rings. The van der Waals surface area contributed by atoms with Crippen molar-refractivity contribution in [2.24, 2.45) is 29.6 Å². The van der Waals surface area contributed by atoms with Crippen LogP contribution in [0, 0.1) is 29.6 Å². The van der Waals surface area contributed by atoms with Gasteiger partial charge in [0.05, 0.1) is 18.6 Å². The molecule has 1 aliphatic heterocycles. The lowest BCUT2D eigenvalue weighted by Gasteiger charge is -2.41. The van der Waals surface area contributed by atoms with Crippen molar-refractivity contribution < 1.29 is 24.5 Å². The minimum Gasteiger partial charge on any atom is -0.481 e. The van der Waals surface area contributed by atoms with Crippen LogP contribution in [0.1, 0.15) is 71.3 Å². The highest BCUT2D eigenvalue weighted by Gasteiger charge is 2.40. The van der Waals surface area contributed by atoms with Crippen LogP contribution in [0.3, 0.4) is 0 Å². The van der Waals surface area contributed by atoms with Gasteiger partial charge in [0, 0.05) is 5.92 Å².